The molecule has 2 aromatic rings. The van der Waals surface area contributed by atoms with E-state index < -0.39 is 0 Å². The molecule has 0 unspecified atom stereocenters. The first-order valence-corrected chi connectivity index (χ1v) is 4.55. The lowest BCUT2D eigenvalue weighted by Gasteiger charge is -1.87. The Morgan fingerprint density at radius 3 is 2.29 bits per heavy atom. The van der Waals surface area contributed by atoms with E-state index in [4.69, 9.17) is 4.42 Å². The van der Waals surface area contributed by atoms with Gasteiger partial charge < -0.3 is 0 Å². The van der Waals surface area contributed by atoms with Gasteiger partial charge in [-0.3, -0.25) is 0 Å². The van der Waals surface area contributed by atoms with Gasteiger partial charge in [0.25, 0.3) is 0 Å². The van der Waals surface area contributed by atoms with Gasteiger partial charge in [0.2, 0.25) is 0 Å². The Morgan fingerprint density at radius 2 is 1.57 bits per heavy atom. The van der Waals surface area contributed by atoms with Crippen molar-refractivity contribution in [2.45, 2.75) is 0 Å². The molecule has 1 aromatic heterocycles. The van der Waals surface area contributed by atoms with Crippen LogP contribution in [0.1, 0.15) is 11.3 Å². The van der Waals surface area contributed by atoms with Crippen LogP contribution in [0.25, 0.3) is 12.2 Å². The number of benzene rings is 1. The Morgan fingerprint density at radius 1 is 0.786 bits per heavy atom. The first-order valence-electron chi connectivity index (χ1n) is 4.55. The quantitative estimate of drug-likeness (QED) is 0.645. The lowest BCUT2D eigenvalue weighted by Crippen LogP contribution is -1.70. The third-order valence-electron chi connectivity index (χ3n) is 1.89. The van der Waals surface area contributed by atoms with Crippen LogP contribution in [0, 0.1) is 0 Å². The molecule has 68 valence electrons. The molecule has 0 fully saturated rings. The molecule has 2 rings (SSSR count). The molecule has 0 bridgehead atoms. The number of hydrogen-bond acceptors (Lipinski definition) is 0. The van der Waals surface area contributed by atoms with Crippen LogP contribution in [0.3, 0.4) is 0 Å². The maximum Gasteiger partial charge on any atom is 0.352 e. The fourth-order valence-electron chi connectivity index (χ4n) is 1.19. The van der Waals surface area contributed by atoms with Gasteiger partial charge in [-0.15, -0.1) is 0 Å². The van der Waals surface area contributed by atoms with E-state index in [1.54, 1.807) is 6.26 Å². The molecule has 0 saturated heterocycles. The number of hydrogen-bond donors (Lipinski definition) is 0. The Kier molecular flexibility index (Phi) is 2.72. The SMILES string of the molecule is C(=Cc1cccc[o+]1)c1ccccc1. The van der Waals surface area contributed by atoms with Crippen molar-refractivity contribution in [2.24, 2.45) is 0 Å². The van der Waals surface area contributed by atoms with Crippen LogP contribution in [0.5, 0.6) is 0 Å². The minimum Gasteiger partial charge on any atom is -0.216 e. The van der Waals surface area contributed by atoms with E-state index >= 15 is 0 Å². The summed E-state index contributed by atoms with van der Waals surface area (Å²) in [5.41, 5.74) is 1.17. The molecule has 1 nitrogen and oxygen atoms in total. The highest BCUT2D eigenvalue weighted by atomic mass is 16.3. The van der Waals surface area contributed by atoms with Gasteiger partial charge in [0.15, 0.2) is 0 Å². The van der Waals surface area contributed by atoms with Crippen LogP contribution in [0.15, 0.2) is 59.2 Å². The molecule has 0 amide bonds. The lowest BCUT2D eigenvalue weighted by molar-refractivity contribution is 0.540. The fourth-order valence-corrected chi connectivity index (χ4v) is 1.19. The summed E-state index contributed by atoms with van der Waals surface area (Å²) in [4.78, 5) is 0. The monoisotopic (exact) mass is 183 g/mol. The van der Waals surface area contributed by atoms with Gasteiger partial charge in [-0.25, -0.2) is 4.42 Å². The highest BCUT2D eigenvalue weighted by Crippen LogP contribution is 2.06. The fraction of sp³-hybridized carbons (Fsp3) is 0. The standard InChI is InChI=1S/C13H11O/c1-2-6-12(7-3-1)9-10-13-8-4-5-11-14-13/h1-11H/q+1. The zero-order valence-corrected chi connectivity index (χ0v) is 7.76. The third kappa shape index (κ3) is 2.30. The van der Waals surface area contributed by atoms with E-state index in [2.05, 4.69) is 12.1 Å². The third-order valence-corrected chi connectivity index (χ3v) is 1.89. The molecular formula is C13H11O+. The summed E-state index contributed by atoms with van der Waals surface area (Å²) in [7, 11) is 0. The first kappa shape index (κ1) is 8.70. The van der Waals surface area contributed by atoms with Crippen molar-refractivity contribution in [1.29, 1.82) is 0 Å². The van der Waals surface area contributed by atoms with Gasteiger partial charge in [0, 0.05) is 18.2 Å². The average molecular weight is 183 g/mol. The molecule has 1 aromatic carbocycles. The molecule has 1 heteroatoms. The molecule has 0 N–H and O–H groups in total. The summed E-state index contributed by atoms with van der Waals surface area (Å²) >= 11 is 0. The zero-order valence-electron chi connectivity index (χ0n) is 7.76. The molecular weight excluding hydrogens is 172 g/mol. The van der Waals surface area contributed by atoms with Crippen LogP contribution in [-0.4, -0.2) is 0 Å². The second-order valence-corrected chi connectivity index (χ2v) is 2.95. The summed E-state index contributed by atoms with van der Waals surface area (Å²) in [6.07, 6.45) is 5.65. The van der Waals surface area contributed by atoms with Crippen LogP contribution in [0.2, 0.25) is 0 Å². The van der Waals surface area contributed by atoms with Crippen molar-refractivity contribution < 1.29 is 4.42 Å². The van der Waals surface area contributed by atoms with E-state index in [-0.39, 0.29) is 0 Å². The second-order valence-electron chi connectivity index (χ2n) is 2.95. The molecule has 0 radical (unpaired) electrons. The summed E-state index contributed by atoms with van der Waals surface area (Å²) < 4.78 is 5.26. The Hall–Kier alpha value is -1.89. The van der Waals surface area contributed by atoms with Crippen LogP contribution in [-0.2, 0) is 0 Å². The Labute approximate surface area is 83.3 Å². The van der Waals surface area contributed by atoms with E-state index in [9.17, 15) is 0 Å². The maximum absolute atomic E-state index is 5.26. The highest BCUT2D eigenvalue weighted by molar-refractivity contribution is 5.66. The summed E-state index contributed by atoms with van der Waals surface area (Å²) in [5, 5.41) is 0. The molecule has 0 aliphatic heterocycles. The molecule has 14 heavy (non-hydrogen) atoms. The van der Waals surface area contributed by atoms with Gasteiger partial charge in [0.05, 0.1) is 0 Å². The summed E-state index contributed by atoms with van der Waals surface area (Å²) in [6, 6.07) is 15.9. The lowest BCUT2D eigenvalue weighted by atomic mass is 10.2. The van der Waals surface area contributed by atoms with Gasteiger partial charge >= 0.3 is 12.0 Å². The Bertz CT molecular complexity index is 362. The summed E-state index contributed by atoms with van der Waals surface area (Å²) in [5.74, 6) is 0.858. The minimum absolute atomic E-state index is 0.858. The number of rotatable bonds is 2. The van der Waals surface area contributed by atoms with Crippen molar-refractivity contribution in [2.75, 3.05) is 0 Å². The second kappa shape index (κ2) is 4.38. The molecule has 0 atom stereocenters. The maximum atomic E-state index is 5.26. The van der Waals surface area contributed by atoms with Crippen molar-refractivity contribution in [3.8, 4) is 0 Å². The zero-order chi connectivity index (χ0) is 9.64. The highest BCUT2D eigenvalue weighted by Gasteiger charge is 1.97. The minimum atomic E-state index is 0.858. The first-order chi connectivity index (χ1) is 6.95. The molecule has 1 heterocycles. The van der Waals surface area contributed by atoms with E-state index in [0.717, 1.165) is 5.76 Å². The van der Waals surface area contributed by atoms with Crippen LogP contribution >= 0.6 is 0 Å². The average Bonchev–Trinajstić information content (AvgIpc) is 2.29. The van der Waals surface area contributed by atoms with Gasteiger partial charge in [-0.05, 0) is 17.7 Å². The van der Waals surface area contributed by atoms with Crippen molar-refractivity contribution in [3.63, 3.8) is 0 Å². The van der Waals surface area contributed by atoms with Crippen LogP contribution < -0.4 is 0 Å². The largest absolute Gasteiger partial charge is 0.352 e. The Balaban J connectivity index is 2.16. The van der Waals surface area contributed by atoms with E-state index in [1.165, 1.54) is 5.56 Å². The van der Waals surface area contributed by atoms with Gasteiger partial charge in [-0.2, -0.15) is 0 Å². The van der Waals surface area contributed by atoms with Crippen LogP contribution in [0.4, 0.5) is 0 Å². The van der Waals surface area contributed by atoms with Gasteiger partial charge in [0.1, 0.15) is 0 Å². The van der Waals surface area contributed by atoms with Crippen molar-refractivity contribution in [1.82, 2.24) is 0 Å². The predicted octanol–water partition coefficient (Wildman–Crippen LogP) is 3.73. The molecule has 0 saturated carbocycles. The molecule has 0 aliphatic carbocycles. The van der Waals surface area contributed by atoms with Crippen molar-refractivity contribution >= 4 is 12.2 Å². The molecule has 0 aliphatic rings. The van der Waals surface area contributed by atoms with Crippen molar-refractivity contribution in [3.05, 3.63) is 66.1 Å². The molecule has 0 spiro atoms. The smallest absolute Gasteiger partial charge is 0.216 e. The predicted molar refractivity (Wildman–Crippen MR) is 58.5 cm³/mol. The summed E-state index contributed by atoms with van der Waals surface area (Å²) in [6.45, 7) is 0. The normalized spacial score (nSPS) is 10.6. The van der Waals surface area contributed by atoms with Gasteiger partial charge in [-0.1, -0.05) is 30.3 Å². The van der Waals surface area contributed by atoms with E-state index in [1.807, 2.05) is 48.6 Å². The van der Waals surface area contributed by atoms with E-state index in [0.29, 0.717) is 0 Å². The topological polar surface area (TPSA) is 11.3 Å².